The predicted molar refractivity (Wildman–Crippen MR) is 153 cm³/mol. The van der Waals surface area contributed by atoms with Gasteiger partial charge in [0, 0.05) is 31.3 Å². The minimum atomic E-state index is -0.856. The standard InChI is InChI=1S/C32H50N2O6/c1-21-16-22(2)18-24(4)31(37)25(20-33)8-5-6-11-29(40-30(36)19-28(35)23(3)17-21)26-9-7-10-27(26)32(38)34-12-14-39-15-13-34/h5-6,8,21-24,26-29,31,35,37H,7,9-19H2,1-4H3/b6-5+,25-8-/t21-,22+,23-,24-,26+,27+,28-,29-,31+/m0/s1. The van der Waals surface area contributed by atoms with Gasteiger partial charge in [-0.1, -0.05) is 46.3 Å². The second-order valence-electron chi connectivity index (χ2n) is 12.7. The van der Waals surface area contributed by atoms with Gasteiger partial charge in [-0.2, -0.15) is 5.26 Å². The van der Waals surface area contributed by atoms with Gasteiger partial charge in [0.15, 0.2) is 0 Å². The highest BCUT2D eigenvalue weighted by Gasteiger charge is 2.41. The van der Waals surface area contributed by atoms with Crippen molar-refractivity contribution in [2.75, 3.05) is 26.3 Å². The monoisotopic (exact) mass is 558 g/mol. The van der Waals surface area contributed by atoms with Crippen LogP contribution >= 0.6 is 0 Å². The predicted octanol–water partition coefficient (Wildman–Crippen LogP) is 4.41. The van der Waals surface area contributed by atoms with Crippen LogP contribution in [-0.2, 0) is 19.1 Å². The molecule has 40 heavy (non-hydrogen) atoms. The number of hydrogen-bond donors (Lipinski definition) is 2. The van der Waals surface area contributed by atoms with Gasteiger partial charge in [-0.05, 0) is 61.9 Å². The molecule has 0 aromatic rings. The van der Waals surface area contributed by atoms with Crippen molar-refractivity contribution in [1.29, 1.82) is 5.26 Å². The van der Waals surface area contributed by atoms with Crippen LogP contribution in [0.15, 0.2) is 23.8 Å². The van der Waals surface area contributed by atoms with E-state index >= 15 is 0 Å². The summed E-state index contributed by atoms with van der Waals surface area (Å²) in [5.74, 6) is -0.118. The lowest BCUT2D eigenvalue weighted by Gasteiger charge is -2.33. The number of hydrogen-bond acceptors (Lipinski definition) is 7. The van der Waals surface area contributed by atoms with Gasteiger partial charge in [0.05, 0.1) is 43.5 Å². The van der Waals surface area contributed by atoms with Crippen LogP contribution in [0.4, 0.5) is 0 Å². The summed E-state index contributed by atoms with van der Waals surface area (Å²) in [4.78, 5) is 28.4. The van der Waals surface area contributed by atoms with Crippen LogP contribution < -0.4 is 0 Å². The molecule has 8 nitrogen and oxygen atoms in total. The molecule has 3 aliphatic rings. The Kier molecular flexibility index (Phi) is 12.7. The average molecular weight is 559 g/mol. The fraction of sp³-hybridized carbons (Fsp3) is 0.781. The normalized spacial score (nSPS) is 39.6. The Morgan fingerprint density at radius 1 is 1.02 bits per heavy atom. The molecule has 3 rings (SSSR count). The highest BCUT2D eigenvalue weighted by Crippen LogP contribution is 2.38. The molecule has 0 aromatic heterocycles. The third kappa shape index (κ3) is 9.15. The molecule has 1 aliphatic carbocycles. The van der Waals surface area contributed by atoms with Crippen LogP contribution in [0, 0.1) is 46.8 Å². The molecule has 1 amide bonds. The van der Waals surface area contributed by atoms with E-state index in [1.165, 1.54) is 0 Å². The summed E-state index contributed by atoms with van der Waals surface area (Å²) in [5.41, 5.74) is 0.316. The van der Waals surface area contributed by atoms with Gasteiger partial charge in [-0.15, -0.1) is 0 Å². The highest BCUT2D eigenvalue weighted by molar-refractivity contribution is 5.79. The summed E-state index contributed by atoms with van der Waals surface area (Å²) in [6.45, 7) is 10.5. The van der Waals surface area contributed by atoms with Gasteiger partial charge in [0.2, 0.25) is 5.91 Å². The van der Waals surface area contributed by atoms with E-state index in [4.69, 9.17) is 9.47 Å². The van der Waals surface area contributed by atoms with Crippen molar-refractivity contribution in [2.24, 2.45) is 35.5 Å². The molecule has 0 unspecified atom stereocenters. The Morgan fingerprint density at radius 2 is 1.70 bits per heavy atom. The zero-order chi connectivity index (χ0) is 29.2. The van der Waals surface area contributed by atoms with Crippen LogP contribution in [0.1, 0.15) is 79.1 Å². The second kappa shape index (κ2) is 15.7. The number of ether oxygens (including phenoxy) is 2. The first-order valence-electron chi connectivity index (χ1n) is 15.3. The number of carbonyl (C=O) groups is 2. The Labute approximate surface area is 240 Å². The molecule has 0 spiro atoms. The van der Waals surface area contributed by atoms with Crippen LogP contribution in [0.3, 0.4) is 0 Å². The molecule has 2 fully saturated rings. The van der Waals surface area contributed by atoms with Crippen molar-refractivity contribution in [1.82, 2.24) is 4.90 Å². The fourth-order valence-corrected chi connectivity index (χ4v) is 6.99. The molecule has 0 aromatic carbocycles. The van der Waals surface area contributed by atoms with Gasteiger partial charge in [0.1, 0.15) is 6.10 Å². The number of cyclic esters (lactones) is 1. The molecule has 224 valence electrons. The fourth-order valence-electron chi connectivity index (χ4n) is 6.99. The molecular weight excluding hydrogens is 508 g/mol. The molecule has 9 atom stereocenters. The molecule has 2 N–H and O–H groups in total. The van der Waals surface area contributed by atoms with Crippen LogP contribution in [0.25, 0.3) is 0 Å². The third-order valence-corrected chi connectivity index (χ3v) is 9.12. The van der Waals surface area contributed by atoms with Crippen molar-refractivity contribution in [3.63, 3.8) is 0 Å². The van der Waals surface area contributed by atoms with E-state index in [0.29, 0.717) is 50.1 Å². The van der Waals surface area contributed by atoms with E-state index in [-0.39, 0.29) is 36.0 Å². The van der Waals surface area contributed by atoms with E-state index in [1.807, 2.05) is 24.8 Å². The van der Waals surface area contributed by atoms with E-state index < -0.39 is 24.3 Å². The molecular formula is C32H50N2O6. The lowest BCUT2D eigenvalue weighted by molar-refractivity contribution is -0.158. The Balaban J connectivity index is 1.84. The van der Waals surface area contributed by atoms with Crippen molar-refractivity contribution >= 4 is 11.9 Å². The van der Waals surface area contributed by atoms with Crippen molar-refractivity contribution in [2.45, 2.75) is 97.4 Å². The number of nitrogens with zero attached hydrogens (tertiary/aromatic N) is 2. The molecule has 2 heterocycles. The maximum atomic E-state index is 13.4. The summed E-state index contributed by atoms with van der Waals surface area (Å²) >= 11 is 0. The van der Waals surface area contributed by atoms with Crippen LogP contribution in [0.5, 0.6) is 0 Å². The Bertz CT molecular complexity index is 936. The quantitative estimate of drug-likeness (QED) is 0.482. The molecule has 1 saturated carbocycles. The number of allylic oxidation sites excluding steroid dienone is 2. The van der Waals surface area contributed by atoms with E-state index in [9.17, 15) is 25.1 Å². The lowest BCUT2D eigenvalue weighted by atomic mass is 9.82. The van der Waals surface area contributed by atoms with Crippen LogP contribution in [-0.4, -0.2) is 71.6 Å². The van der Waals surface area contributed by atoms with Crippen molar-refractivity contribution in [3.8, 4) is 6.07 Å². The lowest BCUT2D eigenvalue weighted by Crippen LogP contribution is -2.46. The molecule has 8 heteroatoms. The first kappa shape index (κ1) is 32.3. The summed E-state index contributed by atoms with van der Waals surface area (Å²) in [7, 11) is 0. The topological polar surface area (TPSA) is 120 Å². The first-order chi connectivity index (χ1) is 19.1. The molecule has 2 aliphatic heterocycles. The number of aliphatic hydroxyl groups is 2. The molecule has 0 bridgehead atoms. The van der Waals surface area contributed by atoms with E-state index in [2.05, 4.69) is 19.9 Å². The zero-order valence-corrected chi connectivity index (χ0v) is 24.8. The Morgan fingerprint density at radius 3 is 2.38 bits per heavy atom. The van der Waals surface area contributed by atoms with Gasteiger partial charge in [-0.3, -0.25) is 9.59 Å². The highest BCUT2D eigenvalue weighted by atomic mass is 16.5. The first-order valence-corrected chi connectivity index (χ1v) is 15.3. The van der Waals surface area contributed by atoms with Crippen molar-refractivity contribution in [3.05, 3.63) is 23.8 Å². The SMILES string of the molecule is C[C@@H]1C[C@H](C)C[C@H](C)[C@@H](O)CC(=O)O[C@H]([C@@H]2CCC[C@H]2C(=O)N2CCOCC2)C/C=C/C=C(/C#N)[C@H](O)[C@@H](C)C1. The number of aliphatic hydroxyl groups excluding tert-OH is 2. The zero-order valence-electron chi connectivity index (χ0n) is 24.8. The van der Waals surface area contributed by atoms with Gasteiger partial charge < -0.3 is 24.6 Å². The molecule has 0 radical (unpaired) electrons. The number of morpholine rings is 1. The second-order valence-corrected chi connectivity index (χ2v) is 12.7. The Hall–Kier alpha value is -2.21. The van der Waals surface area contributed by atoms with E-state index in [1.54, 1.807) is 12.2 Å². The molecule has 1 saturated heterocycles. The third-order valence-electron chi connectivity index (χ3n) is 9.12. The maximum Gasteiger partial charge on any atom is 0.308 e. The maximum absolute atomic E-state index is 13.4. The summed E-state index contributed by atoms with van der Waals surface area (Å²) in [6.07, 6.45) is 8.36. The van der Waals surface area contributed by atoms with Gasteiger partial charge in [0.25, 0.3) is 0 Å². The average Bonchev–Trinajstić information content (AvgIpc) is 3.41. The van der Waals surface area contributed by atoms with Crippen LogP contribution in [0.2, 0.25) is 0 Å². The van der Waals surface area contributed by atoms with E-state index in [0.717, 1.165) is 38.5 Å². The number of carbonyl (C=O) groups excluding carboxylic acids is 2. The largest absolute Gasteiger partial charge is 0.462 e. The van der Waals surface area contributed by atoms with Gasteiger partial charge >= 0.3 is 5.97 Å². The summed E-state index contributed by atoms with van der Waals surface area (Å²) < 4.78 is 11.4. The number of esters is 1. The minimum Gasteiger partial charge on any atom is -0.462 e. The van der Waals surface area contributed by atoms with Gasteiger partial charge in [-0.25, -0.2) is 0 Å². The number of rotatable bonds is 2. The minimum absolute atomic E-state index is 0.0646. The smallest absolute Gasteiger partial charge is 0.308 e. The summed E-state index contributed by atoms with van der Waals surface area (Å²) in [5, 5.41) is 31.5. The number of amides is 1. The number of nitriles is 1. The summed E-state index contributed by atoms with van der Waals surface area (Å²) in [6, 6.07) is 2.16. The van der Waals surface area contributed by atoms with Crippen molar-refractivity contribution < 1.29 is 29.3 Å².